The summed E-state index contributed by atoms with van der Waals surface area (Å²) >= 11 is 6.06. The molecular weight excluding hydrogens is 310 g/mol. The van der Waals surface area contributed by atoms with Crippen molar-refractivity contribution in [3.8, 4) is 5.88 Å². The fourth-order valence-electron chi connectivity index (χ4n) is 3.14. The highest BCUT2D eigenvalue weighted by atomic mass is 35.5. The molecule has 2 heterocycles. The largest absolute Gasteiger partial charge is 0.481 e. The van der Waals surface area contributed by atoms with Crippen LogP contribution in [0.25, 0.3) is 0 Å². The Morgan fingerprint density at radius 3 is 2.96 bits per heavy atom. The molecule has 0 aliphatic carbocycles. The molecule has 2 atom stereocenters. The third-order valence-electron chi connectivity index (χ3n) is 4.26. The average Bonchev–Trinajstić information content (AvgIpc) is 2.61. The summed E-state index contributed by atoms with van der Waals surface area (Å²) in [5.74, 6) is 0.627. The number of methoxy groups -OCH3 is 1. The maximum absolute atomic E-state index is 6.06. The molecule has 1 aromatic heterocycles. The number of halogens is 1. The van der Waals surface area contributed by atoms with Gasteiger partial charge in [0, 0.05) is 30.4 Å². The summed E-state index contributed by atoms with van der Waals surface area (Å²) in [6.07, 6.45) is 3.92. The van der Waals surface area contributed by atoms with Crippen LogP contribution in [0.3, 0.4) is 0 Å². The molecule has 4 nitrogen and oxygen atoms in total. The zero-order valence-electron chi connectivity index (χ0n) is 13.3. The molecule has 0 amide bonds. The predicted molar refractivity (Wildman–Crippen MR) is 92.8 cm³/mol. The summed E-state index contributed by atoms with van der Waals surface area (Å²) in [6, 6.07) is 13.2. The van der Waals surface area contributed by atoms with Gasteiger partial charge in [0.15, 0.2) is 0 Å². The number of ether oxygens (including phenoxy) is 1. The van der Waals surface area contributed by atoms with Crippen LogP contribution in [0.4, 0.5) is 0 Å². The predicted octanol–water partition coefficient (Wildman–Crippen LogP) is 3.33. The lowest BCUT2D eigenvalue weighted by atomic mass is 9.92. The molecule has 0 spiro atoms. The van der Waals surface area contributed by atoms with Gasteiger partial charge in [-0.2, -0.15) is 0 Å². The van der Waals surface area contributed by atoms with Crippen molar-refractivity contribution in [1.29, 1.82) is 0 Å². The zero-order valence-corrected chi connectivity index (χ0v) is 14.0. The van der Waals surface area contributed by atoms with Gasteiger partial charge in [-0.3, -0.25) is 0 Å². The summed E-state index contributed by atoms with van der Waals surface area (Å²) in [5, 5.41) is 7.90. The van der Waals surface area contributed by atoms with E-state index in [0.29, 0.717) is 29.5 Å². The van der Waals surface area contributed by atoms with E-state index in [1.54, 1.807) is 13.3 Å². The highest BCUT2D eigenvalue weighted by Gasteiger charge is 2.25. The van der Waals surface area contributed by atoms with Crippen molar-refractivity contribution in [2.75, 3.05) is 13.7 Å². The van der Waals surface area contributed by atoms with E-state index >= 15 is 0 Å². The van der Waals surface area contributed by atoms with Gasteiger partial charge in [0.05, 0.1) is 12.1 Å². The molecular formula is C18H22ClN3O. The average molecular weight is 332 g/mol. The van der Waals surface area contributed by atoms with E-state index in [4.69, 9.17) is 16.3 Å². The van der Waals surface area contributed by atoms with Crippen molar-refractivity contribution < 1.29 is 4.74 Å². The van der Waals surface area contributed by atoms with E-state index in [2.05, 4.69) is 45.9 Å². The van der Waals surface area contributed by atoms with Gasteiger partial charge in [-0.05, 0) is 31.0 Å². The fraction of sp³-hybridized carbons (Fsp3) is 0.389. The van der Waals surface area contributed by atoms with Crippen LogP contribution in [-0.4, -0.2) is 24.7 Å². The highest BCUT2D eigenvalue weighted by Crippen LogP contribution is 2.25. The Morgan fingerprint density at radius 2 is 2.17 bits per heavy atom. The van der Waals surface area contributed by atoms with Crippen LogP contribution in [0.2, 0.25) is 5.02 Å². The minimum absolute atomic E-state index is 0.322. The van der Waals surface area contributed by atoms with Crippen LogP contribution in [0.15, 0.2) is 42.6 Å². The van der Waals surface area contributed by atoms with E-state index in [1.165, 1.54) is 12.0 Å². The molecule has 2 N–H and O–H groups in total. The summed E-state index contributed by atoms with van der Waals surface area (Å²) in [7, 11) is 1.63. The number of nitrogens with zero attached hydrogens (tertiary/aromatic N) is 1. The van der Waals surface area contributed by atoms with Gasteiger partial charge in [-0.15, -0.1) is 0 Å². The van der Waals surface area contributed by atoms with Gasteiger partial charge in [-0.25, -0.2) is 4.98 Å². The third-order valence-corrected chi connectivity index (χ3v) is 4.46. The van der Waals surface area contributed by atoms with Gasteiger partial charge in [0.25, 0.3) is 0 Å². The topological polar surface area (TPSA) is 46.2 Å². The van der Waals surface area contributed by atoms with Crippen molar-refractivity contribution in [3.63, 3.8) is 0 Å². The molecule has 1 aromatic carbocycles. The summed E-state index contributed by atoms with van der Waals surface area (Å²) in [6.45, 7) is 1.74. The second kappa shape index (κ2) is 7.77. The van der Waals surface area contributed by atoms with E-state index in [1.807, 2.05) is 6.07 Å². The molecule has 1 saturated heterocycles. The van der Waals surface area contributed by atoms with Crippen molar-refractivity contribution in [2.24, 2.45) is 0 Å². The van der Waals surface area contributed by atoms with Crippen LogP contribution in [0.5, 0.6) is 5.88 Å². The van der Waals surface area contributed by atoms with Crippen LogP contribution in [-0.2, 0) is 6.54 Å². The first kappa shape index (κ1) is 16.2. The molecule has 0 radical (unpaired) electrons. The molecule has 0 bridgehead atoms. The fourth-order valence-corrected chi connectivity index (χ4v) is 3.32. The number of hydrogen-bond donors (Lipinski definition) is 2. The maximum Gasteiger partial charge on any atom is 0.217 e. The van der Waals surface area contributed by atoms with Gasteiger partial charge >= 0.3 is 0 Å². The Balaban J connectivity index is 1.72. The van der Waals surface area contributed by atoms with Crippen LogP contribution in [0, 0.1) is 0 Å². The minimum Gasteiger partial charge on any atom is -0.481 e. The summed E-state index contributed by atoms with van der Waals surface area (Å²) < 4.78 is 5.33. The van der Waals surface area contributed by atoms with E-state index in [0.717, 1.165) is 18.5 Å². The van der Waals surface area contributed by atoms with Crippen LogP contribution in [0.1, 0.15) is 30.0 Å². The van der Waals surface area contributed by atoms with Crippen LogP contribution >= 0.6 is 11.6 Å². The first-order valence-electron chi connectivity index (χ1n) is 7.98. The molecule has 1 aliphatic heterocycles. The quantitative estimate of drug-likeness (QED) is 0.882. The molecule has 122 valence electrons. The van der Waals surface area contributed by atoms with Gasteiger partial charge in [-0.1, -0.05) is 41.9 Å². The normalized spacial score (nSPS) is 21.1. The lowest BCUT2D eigenvalue weighted by Gasteiger charge is -2.34. The standard InChI is InChI=1S/C18H22ClN3O/c1-23-18-14(10-15(19)12-22-18)11-21-16-8-5-9-20-17(16)13-6-3-2-4-7-13/h2-4,6-7,10,12,16-17,20-21H,5,8-9,11H2,1H3. The number of rotatable bonds is 5. The van der Waals surface area contributed by atoms with Crippen molar-refractivity contribution in [2.45, 2.75) is 31.5 Å². The summed E-state index contributed by atoms with van der Waals surface area (Å²) in [4.78, 5) is 4.23. The first-order chi connectivity index (χ1) is 11.3. The van der Waals surface area contributed by atoms with Gasteiger partial charge in [0.1, 0.15) is 0 Å². The Morgan fingerprint density at radius 1 is 1.35 bits per heavy atom. The number of benzene rings is 1. The van der Waals surface area contributed by atoms with E-state index in [-0.39, 0.29) is 0 Å². The number of nitrogens with one attached hydrogen (secondary N) is 2. The highest BCUT2D eigenvalue weighted by molar-refractivity contribution is 6.30. The SMILES string of the molecule is COc1ncc(Cl)cc1CNC1CCCNC1c1ccccc1. The molecule has 1 aliphatic rings. The molecule has 2 unspecified atom stereocenters. The number of hydrogen-bond acceptors (Lipinski definition) is 4. The molecule has 5 heteroatoms. The van der Waals surface area contributed by atoms with Gasteiger partial charge < -0.3 is 15.4 Å². The Hall–Kier alpha value is -1.62. The molecule has 2 aromatic rings. The van der Waals surface area contributed by atoms with E-state index in [9.17, 15) is 0 Å². The second-order valence-electron chi connectivity index (χ2n) is 5.79. The first-order valence-corrected chi connectivity index (χ1v) is 8.36. The molecule has 0 saturated carbocycles. The maximum atomic E-state index is 6.06. The lowest BCUT2D eigenvalue weighted by molar-refractivity contribution is 0.302. The zero-order chi connectivity index (χ0) is 16.1. The number of pyridine rings is 1. The molecule has 1 fully saturated rings. The minimum atomic E-state index is 0.322. The summed E-state index contributed by atoms with van der Waals surface area (Å²) in [5.41, 5.74) is 2.30. The van der Waals surface area contributed by atoms with Gasteiger partial charge in [0.2, 0.25) is 5.88 Å². The van der Waals surface area contributed by atoms with Crippen LogP contribution < -0.4 is 15.4 Å². The van der Waals surface area contributed by atoms with Crippen molar-refractivity contribution >= 4 is 11.6 Å². The second-order valence-corrected chi connectivity index (χ2v) is 6.23. The van der Waals surface area contributed by atoms with Crippen molar-refractivity contribution in [1.82, 2.24) is 15.6 Å². The monoisotopic (exact) mass is 331 g/mol. The third kappa shape index (κ3) is 4.02. The lowest BCUT2D eigenvalue weighted by Crippen LogP contribution is -2.45. The Labute approximate surface area is 142 Å². The number of piperidine rings is 1. The molecule has 3 rings (SSSR count). The Kier molecular flexibility index (Phi) is 5.49. The number of aromatic nitrogens is 1. The smallest absolute Gasteiger partial charge is 0.217 e. The van der Waals surface area contributed by atoms with Crippen molar-refractivity contribution in [3.05, 3.63) is 58.7 Å². The van der Waals surface area contributed by atoms with E-state index < -0.39 is 0 Å². The Bertz CT molecular complexity index is 635. The molecule has 23 heavy (non-hydrogen) atoms.